The van der Waals surface area contributed by atoms with Crippen LogP contribution in [0.25, 0.3) is 0 Å². The molecule has 0 amide bonds. The fourth-order valence-electron chi connectivity index (χ4n) is 4.46. The van der Waals surface area contributed by atoms with Gasteiger partial charge >= 0.3 is 0 Å². The summed E-state index contributed by atoms with van der Waals surface area (Å²) in [4.78, 5) is 3.61. The van der Waals surface area contributed by atoms with Crippen molar-refractivity contribution in [3.05, 3.63) is 63.6 Å². The standard InChI is InChI=1S/C25H34Cl2N2OS/c1-3-28-18-21(20-9-10-23(26)24(27)17-20)13-16-29-14-11-19(12-15-29)22-7-5-6-8-25(22)31(30)4-2/h5-10,17,19,21,28H,3-4,11-16,18H2,1-2H3/t21-,31+/m1/s1. The van der Waals surface area contributed by atoms with Gasteiger partial charge < -0.3 is 14.8 Å². The molecule has 170 valence electrons. The van der Waals surface area contributed by atoms with E-state index in [0.29, 0.717) is 27.6 Å². The minimum absolute atomic E-state index is 0.417. The fourth-order valence-corrected chi connectivity index (χ4v) is 5.80. The molecule has 2 aromatic carbocycles. The van der Waals surface area contributed by atoms with Crippen LogP contribution in [0.2, 0.25) is 10.0 Å². The van der Waals surface area contributed by atoms with Crippen molar-refractivity contribution in [3.8, 4) is 0 Å². The van der Waals surface area contributed by atoms with E-state index in [9.17, 15) is 4.55 Å². The van der Waals surface area contributed by atoms with Crippen LogP contribution < -0.4 is 5.32 Å². The Kier molecular flexibility index (Phi) is 10.0. The van der Waals surface area contributed by atoms with Crippen LogP contribution in [0, 0.1) is 0 Å². The summed E-state index contributed by atoms with van der Waals surface area (Å²) in [6.07, 6.45) is 3.34. The zero-order valence-electron chi connectivity index (χ0n) is 18.6. The molecule has 0 radical (unpaired) electrons. The van der Waals surface area contributed by atoms with Crippen molar-refractivity contribution in [1.29, 1.82) is 0 Å². The van der Waals surface area contributed by atoms with Gasteiger partial charge in [0.15, 0.2) is 4.90 Å². The van der Waals surface area contributed by atoms with Crippen LogP contribution in [-0.4, -0.2) is 47.9 Å². The summed E-state index contributed by atoms with van der Waals surface area (Å²) < 4.78 is 12.5. The highest BCUT2D eigenvalue weighted by molar-refractivity contribution is 7.91. The van der Waals surface area contributed by atoms with Crippen LogP contribution in [0.3, 0.4) is 0 Å². The topological polar surface area (TPSA) is 38.3 Å². The molecule has 6 heteroatoms. The van der Waals surface area contributed by atoms with Crippen LogP contribution in [0.4, 0.5) is 0 Å². The van der Waals surface area contributed by atoms with Gasteiger partial charge in [-0.05, 0) is 99.1 Å². The molecule has 0 spiro atoms. The molecular weight excluding hydrogens is 447 g/mol. The third kappa shape index (κ3) is 6.86. The molecule has 1 N–H and O–H groups in total. The highest BCUT2D eigenvalue weighted by atomic mass is 35.5. The quantitative estimate of drug-likeness (QED) is 0.418. The second kappa shape index (κ2) is 12.5. The van der Waals surface area contributed by atoms with Crippen LogP contribution >= 0.6 is 23.2 Å². The van der Waals surface area contributed by atoms with Crippen LogP contribution in [0.5, 0.6) is 0 Å². The zero-order valence-corrected chi connectivity index (χ0v) is 20.9. The first-order valence-electron chi connectivity index (χ1n) is 11.4. The second-order valence-corrected chi connectivity index (χ2v) is 10.8. The Balaban J connectivity index is 1.58. The van der Waals surface area contributed by atoms with Crippen molar-refractivity contribution in [1.82, 2.24) is 10.2 Å². The van der Waals surface area contributed by atoms with Gasteiger partial charge in [0, 0.05) is 12.1 Å². The van der Waals surface area contributed by atoms with Crippen molar-refractivity contribution in [3.63, 3.8) is 0 Å². The number of piperidine rings is 1. The van der Waals surface area contributed by atoms with Gasteiger partial charge in [-0.1, -0.05) is 54.4 Å². The molecule has 0 aliphatic carbocycles. The maximum atomic E-state index is 12.5. The van der Waals surface area contributed by atoms with E-state index in [2.05, 4.69) is 35.3 Å². The minimum atomic E-state index is -0.891. The lowest BCUT2D eigenvalue weighted by atomic mass is 9.89. The monoisotopic (exact) mass is 480 g/mol. The van der Waals surface area contributed by atoms with Crippen molar-refractivity contribution < 1.29 is 4.55 Å². The van der Waals surface area contributed by atoms with E-state index in [0.717, 1.165) is 56.9 Å². The third-order valence-corrected chi connectivity index (χ3v) is 8.43. The first-order chi connectivity index (χ1) is 15.0. The lowest BCUT2D eigenvalue weighted by Gasteiger charge is -2.33. The number of halogens is 2. The molecule has 1 saturated heterocycles. The normalized spacial score (nSPS) is 17.6. The largest absolute Gasteiger partial charge is 0.611 e. The summed E-state index contributed by atoms with van der Waals surface area (Å²) in [5.41, 5.74) is 2.55. The van der Waals surface area contributed by atoms with Crippen LogP contribution in [-0.2, 0) is 11.2 Å². The Morgan fingerprint density at radius 2 is 1.84 bits per heavy atom. The number of hydrogen-bond acceptors (Lipinski definition) is 3. The minimum Gasteiger partial charge on any atom is -0.611 e. The smallest absolute Gasteiger partial charge is 0.156 e. The van der Waals surface area contributed by atoms with E-state index in [4.69, 9.17) is 23.2 Å². The summed E-state index contributed by atoms with van der Waals surface area (Å²) in [7, 11) is 0. The molecule has 0 saturated carbocycles. The molecule has 1 heterocycles. The summed E-state index contributed by atoms with van der Waals surface area (Å²) in [6, 6.07) is 14.3. The van der Waals surface area contributed by atoms with E-state index in [-0.39, 0.29) is 0 Å². The lowest BCUT2D eigenvalue weighted by Crippen LogP contribution is -2.35. The van der Waals surface area contributed by atoms with E-state index in [1.165, 1.54) is 11.1 Å². The molecule has 0 unspecified atom stereocenters. The predicted octanol–water partition coefficient (Wildman–Crippen LogP) is 6.08. The molecule has 2 aromatic rings. The Morgan fingerprint density at radius 1 is 1.10 bits per heavy atom. The first kappa shape index (κ1) is 24.9. The number of hydrogen-bond donors (Lipinski definition) is 1. The number of nitrogens with one attached hydrogen (secondary N) is 1. The predicted molar refractivity (Wildman–Crippen MR) is 134 cm³/mol. The van der Waals surface area contributed by atoms with E-state index in [1.54, 1.807) is 0 Å². The van der Waals surface area contributed by atoms with Gasteiger partial charge in [-0.25, -0.2) is 0 Å². The Hall–Kier alpha value is -0.750. The van der Waals surface area contributed by atoms with Crippen molar-refractivity contribution in [2.45, 2.75) is 49.8 Å². The molecular formula is C25H34Cl2N2OS. The third-order valence-electron chi connectivity index (χ3n) is 6.30. The van der Waals surface area contributed by atoms with Gasteiger partial charge in [0.05, 0.1) is 10.0 Å². The number of likely N-dealkylation sites (tertiary alicyclic amines) is 1. The lowest BCUT2D eigenvalue weighted by molar-refractivity contribution is 0.204. The molecule has 2 atom stereocenters. The first-order valence-corrected chi connectivity index (χ1v) is 13.5. The Bertz CT molecular complexity index is 827. The number of benzene rings is 2. The highest BCUT2D eigenvalue weighted by Gasteiger charge is 2.26. The molecule has 1 aliphatic rings. The Labute approximate surface area is 200 Å². The SMILES string of the molecule is CCNC[C@@H](CCN1CCC(c2ccccc2[S@@+]([O-])CC)CC1)c1ccc(Cl)c(Cl)c1. The molecule has 1 fully saturated rings. The van der Waals surface area contributed by atoms with Crippen molar-refractivity contribution in [2.75, 3.05) is 38.5 Å². The molecule has 3 rings (SSSR count). The van der Waals surface area contributed by atoms with E-state index < -0.39 is 11.2 Å². The van der Waals surface area contributed by atoms with Crippen LogP contribution in [0.15, 0.2) is 47.4 Å². The number of rotatable bonds is 10. The average Bonchev–Trinajstić information content (AvgIpc) is 2.81. The van der Waals surface area contributed by atoms with Gasteiger partial charge in [-0.3, -0.25) is 0 Å². The van der Waals surface area contributed by atoms with Crippen LogP contribution in [0.1, 0.15) is 56.1 Å². The molecule has 31 heavy (non-hydrogen) atoms. The maximum absolute atomic E-state index is 12.5. The summed E-state index contributed by atoms with van der Waals surface area (Å²) in [6.45, 7) is 9.29. The molecule has 0 bridgehead atoms. The molecule has 0 aromatic heterocycles. The fraction of sp³-hybridized carbons (Fsp3) is 0.520. The van der Waals surface area contributed by atoms with Gasteiger partial charge in [0.25, 0.3) is 0 Å². The van der Waals surface area contributed by atoms with E-state index >= 15 is 0 Å². The van der Waals surface area contributed by atoms with Crippen molar-refractivity contribution in [2.24, 2.45) is 0 Å². The van der Waals surface area contributed by atoms with E-state index in [1.807, 2.05) is 31.2 Å². The molecule has 1 aliphatic heterocycles. The van der Waals surface area contributed by atoms with Gasteiger partial charge in [0.1, 0.15) is 5.75 Å². The summed E-state index contributed by atoms with van der Waals surface area (Å²) in [5.74, 6) is 1.60. The summed E-state index contributed by atoms with van der Waals surface area (Å²) >= 11 is 11.5. The molecule has 3 nitrogen and oxygen atoms in total. The highest BCUT2D eigenvalue weighted by Crippen LogP contribution is 2.33. The Morgan fingerprint density at radius 3 is 2.52 bits per heavy atom. The van der Waals surface area contributed by atoms with Crippen molar-refractivity contribution >= 4 is 34.4 Å². The number of nitrogens with zero attached hydrogens (tertiary/aromatic N) is 1. The second-order valence-electron chi connectivity index (χ2n) is 8.25. The van der Waals surface area contributed by atoms with Gasteiger partial charge in [-0.15, -0.1) is 0 Å². The van der Waals surface area contributed by atoms with Gasteiger partial charge in [0.2, 0.25) is 0 Å². The number of likely N-dealkylation sites (N-methyl/N-ethyl adjacent to an activating group) is 1. The maximum Gasteiger partial charge on any atom is 0.156 e. The van der Waals surface area contributed by atoms with Gasteiger partial charge in [-0.2, -0.15) is 0 Å². The average molecular weight is 482 g/mol. The summed E-state index contributed by atoms with van der Waals surface area (Å²) in [5, 5.41) is 4.74. The zero-order chi connectivity index (χ0) is 22.2.